The molecule has 0 saturated carbocycles. The minimum Gasteiger partial charge on any atom is -0.377 e. The van der Waals surface area contributed by atoms with Crippen molar-refractivity contribution in [3.05, 3.63) is 71.5 Å². The van der Waals surface area contributed by atoms with Gasteiger partial charge in [0.15, 0.2) is 11.6 Å². The molecule has 0 spiro atoms. The number of ether oxygens (including phenoxy) is 1. The van der Waals surface area contributed by atoms with Gasteiger partial charge in [0, 0.05) is 38.9 Å². The maximum absolute atomic E-state index is 12.2. The van der Waals surface area contributed by atoms with E-state index >= 15 is 0 Å². The lowest BCUT2D eigenvalue weighted by molar-refractivity contribution is -0.125. The number of amides is 1. The van der Waals surface area contributed by atoms with E-state index in [4.69, 9.17) is 4.74 Å². The molecule has 7 nitrogen and oxygen atoms in total. The Balaban J connectivity index is 1.40. The van der Waals surface area contributed by atoms with Crippen LogP contribution in [0.4, 0.5) is 0 Å². The zero-order chi connectivity index (χ0) is 20.9. The number of carbonyl (C=O) groups is 1. The number of aromatic nitrogens is 3. The van der Waals surface area contributed by atoms with Crippen LogP contribution in [0.1, 0.15) is 17.0 Å². The predicted molar refractivity (Wildman–Crippen MR) is 115 cm³/mol. The van der Waals surface area contributed by atoms with Gasteiger partial charge < -0.3 is 10.1 Å². The number of methoxy groups -OCH3 is 1. The van der Waals surface area contributed by atoms with Gasteiger partial charge in [0.2, 0.25) is 5.91 Å². The molecule has 0 bridgehead atoms. The number of carbonyl (C=O) groups excluding carboxylic acids is 1. The summed E-state index contributed by atoms with van der Waals surface area (Å²) >= 11 is 0. The van der Waals surface area contributed by atoms with E-state index in [1.165, 1.54) is 11.1 Å². The van der Waals surface area contributed by atoms with E-state index in [1.807, 2.05) is 37.4 Å². The zero-order valence-corrected chi connectivity index (χ0v) is 17.4. The molecule has 2 aromatic carbocycles. The third-order valence-corrected chi connectivity index (χ3v) is 5.28. The van der Waals surface area contributed by atoms with Gasteiger partial charge in [-0.1, -0.05) is 54.6 Å². The highest BCUT2D eigenvalue weighted by Crippen LogP contribution is 2.18. The topological polar surface area (TPSA) is 72.3 Å². The largest absolute Gasteiger partial charge is 0.377 e. The molecule has 1 amide bonds. The van der Waals surface area contributed by atoms with E-state index < -0.39 is 0 Å². The van der Waals surface area contributed by atoms with Crippen LogP contribution in [0.5, 0.6) is 0 Å². The Morgan fingerprint density at radius 2 is 1.87 bits per heavy atom. The first-order chi connectivity index (χ1) is 14.6. The molecule has 156 valence electrons. The van der Waals surface area contributed by atoms with Gasteiger partial charge in [-0.2, -0.15) is 5.10 Å². The number of hydrogen-bond donors (Lipinski definition) is 1. The Labute approximate surface area is 176 Å². The van der Waals surface area contributed by atoms with Crippen LogP contribution in [0.3, 0.4) is 0 Å². The van der Waals surface area contributed by atoms with Crippen LogP contribution >= 0.6 is 0 Å². The summed E-state index contributed by atoms with van der Waals surface area (Å²) in [5, 5.41) is 7.59. The van der Waals surface area contributed by atoms with Crippen molar-refractivity contribution in [1.82, 2.24) is 25.0 Å². The minimum absolute atomic E-state index is 0.0853. The van der Waals surface area contributed by atoms with Crippen molar-refractivity contribution in [2.45, 2.75) is 25.6 Å². The van der Waals surface area contributed by atoms with E-state index in [1.54, 1.807) is 11.8 Å². The average molecular weight is 406 g/mol. The van der Waals surface area contributed by atoms with Gasteiger partial charge >= 0.3 is 0 Å². The molecular weight excluding hydrogens is 378 g/mol. The summed E-state index contributed by atoms with van der Waals surface area (Å²) in [7, 11) is 3.51. The van der Waals surface area contributed by atoms with Crippen molar-refractivity contribution in [3.8, 4) is 11.4 Å². The highest BCUT2D eigenvalue weighted by molar-refractivity contribution is 5.79. The monoisotopic (exact) mass is 405 g/mol. The fraction of sp³-hybridized carbons (Fsp3) is 0.348. The van der Waals surface area contributed by atoms with Crippen LogP contribution in [0.15, 0.2) is 54.6 Å². The lowest BCUT2D eigenvalue weighted by atomic mass is 10.0. The first kappa shape index (κ1) is 20.3. The van der Waals surface area contributed by atoms with Crippen LogP contribution in [0.2, 0.25) is 0 Å². The summed E-state index contributed by atoms with van der Waals surface area (Å²) in [6, 6.07) is 18.7. The van der Waals surface area contributed by atoms with E-state index in [2.05, 4.69) is 44.6 Å². The quantitative estimate of drug-likeness (QED) is 0.652. The van der Waals surface area contributed by atoms with Crippen LogP contribution in [-0.4, -0.2) is 51.8 Å². The van der Waals surface area contributed by atoms with Crippen molar-refractivity contribution in [2.75, 3.05) is 20.2 Å². The third-order valence-electron chi connectivity index (χ3n) is 5.28. The Morgan fingerprint density at radius 3 is 2.60 bits per heavy atom. The lowest BCUT2D eigenvalue weighted by Gasteiger charge is -2.33. The molecule has 1 fully saturated rings. The van der Waals surface area contributed by atoms with Crippen LogP contribution in [-0.2, 0) is 36.2 Å². The number of piperazine rings is 1. The Morgan fingerprint density at radius 1 is 1.10 bits per heavy atom. The molecule has 1 saturated heterocycles. The summed E-state index contributed by atoms with van der Waals surface area (Å²) in [6.07, 6.45) is 0.844. The van der Waals surface area contributed by atoms with Gasteiger partial charge in [-0.15, -0.1) is 0 Å². The molecule has 1 aliphatic heterocycles. The second-order valence-corrected chi connectivity index (χ2v) is 7.73. The van der Waals surface area contributed by atoms with Crippen LogP contribution in [0.25, 0.3) is 11.4 Å². The first-order valence-corrected chi connectivity index (χ1v) is 10.1. The molecule has 7 heteroatoms. The summed E-state index contributed by atoms with van der Waals surface area (Å²) in [5.74, 6) is 1.57. The summed E-state index contributed by atoms with van der Waals surface area (Å²) in [4.78, 5) is 19.0. The molecule has 0 unspecified atom stereocenters. The molecule has 2 heterocycles. The number of aryl methyl sites for hydroxylation is 1. The van der Waals surface area contributed by atoms with Crippen LogP contribution in [0, 0.1) is 0 Å². The maximum atomic E-state index is 12.2. The molecule has 0 radical (unpaired) electrons. The molecule has 1 atom stereocenters. The zero-order valence-electron chi connectivity index (χ0n) is 17.4. The predicted octanol–water partition coefficient (Wildman–Crippen LogP) is 2.17. The molecule has 0 aliphatic carbocycles. The summed E-state index contributed by atoms with van der Waals surface area (Å²) in [5.41, 5.74) is 3.37. The van der Waals surface area contributed by atoms with Gasteiger partial charge in [0.05, 0.1) is 6.54 Å². The second-order valence-electron chi connectivity index (χ2n) is 7.73. The molecule has 4 rings (SSSR count). The third kappa shape index (κ3) is 4.93. The smallest absolute Gasteiger partial charge is 0.234 e. The normalized spacial score (nSPS) is 17.1. The van der Waals surface area contributed by atoms with E-state index in [0.717, 1.165) is 30.9 Å². The van der Waals surface area contributed by atoms with Gasteiger partial charge in [0.25, 0.3) is 0 Å². The van der Waals surface area contributed by atoms with Gasteiger partial charge in [-0.05, 0) is 17.5 Å². The van der Waals surface area contributed by atoms with Gasteiger partial charge in [-0.25, -0.2) is 4.98 Å². The number of benzene rings is 2. The average Bonchev–Trinajstić information content (AvgIpc) is 3.10. The molecule has 3 aromatic rings. The Kier molecular flexibility index (Phi) is 6.21. The highest BCUT2D eigenvalue weighted by atomic mass is 16.5. The van der Waals surface area contributed by atoms with Crippen molar-refractivity contribution in [2.24, 2.45) is 7.05 Å². The molecule has 1 N–H and O–H groups in total. The molecule has 1 aliphatic rings. The molecule has 1 aromatic heterocycles. The lowest BCUT2D eigenvalue weighted by Crippen LogP contribution is -2.54. The standard InChI is InChI=1S/C23H27N5O2/c1-27-21(16-30-2)25-23(26-27)19-10-8-18(9-11-19)13-28-14-20(24-22(29)15-28)12-17-6-4-3-5-7-17/h3-11,20H,12-16H2,1-2H3,(H,24,29)/t20-/m0/s1. The molecular formula is C23H27N5O2. The number of rotatable bonds is 7. The fourth-order valence-electron chi connectivity index (χ4n) is 3.84. The minimum atomic E-state index is 0.0853. The van der Waals surface area contributed by atoms with Crippen LogP contribution < -0.4 is 5.32 Å². The van der Waals surface area contributed by atoms with Crippen molar-refractivity contribution in [3.63, 3.8) is 0 Å². The van der Waals surface area contributed by atoms with Crippen molar-refractivity contribution < 1.29 is 9.53 Å². The van der Waals surface area contributed by atoms with Gasteiger partial charge in [-0.3, -0.25) is 14.4 Å². The number of hydrogen-bond acceptors (Lipinski definition) is 5. The fourth-order valence-corrected chi connectivity index (χ4v) is 3.84. The molecule has 30 heavy (non-hydrogen) atoms. The van der Waals surface area contributed by atoms with E-state index in [0.29, 0.717) is 19.0 Å². The second kappa shape index (κ2) is 9.19. The maximum Gasteiger partial charge on any atom is 0.234 e. The van der Waals surface area contributed by atoms with E-state index in [-0.39, 0.29) is 11.9 Å². The Hall–Kier alpha value is -3.03. The highest BCUT2D eigenvalue weighted by Gasteiger charge is 2.24. The van der Waals surface area contributed by atoms with Gasteiger partial charge in [0.1, 0.15) is 6.61 Å². The van der Waals surface area contributed by atoms with Crippen molar-refractivity contribution >= 4 is 5.91 Å². The van der Waals surface area contributed by atoms with Crippen molar-refractivity contribution in [1.29, 1.82) is 0 Å². The first-order valence-electron chi connectivity index (χ1n) is 10.1. The number of nitrogens with zero attached hydrogens (tertiary/aromatic N) is 4. The number of nitrogens with one attached hydrogen (secondary N) is 1. The van der Waals surface area contributed by atoms with E-state index in [9.17, 15) is 4.79 Å². The SMILES string of the molecule is COCc1nc(-c2ccc(CN3CC(=O)N[C@@H](Cc4ccccc4)C3)cc2)nn1C. The Bertz CT molecular complexity index is 985. The summed E-state index contributed by atoms with van der Waals surface area (Å²) < 4.78 is 6.90. The summed E-state index contributed by atoms with van der Waals surface area (Å²) in [6.45, 7) is 2.44.